The van der Waals surface area contributed by atoms with E-state index in [-0.39, 0.29) is 11.3 Å². The highest BCUT2D eigenvalue weighted by molar-refractivity contribution is 5.87. The van der Waals surface area contributed by atoms with Crippen molar-refractivity contribution in [2.24, 2.45) is 0 Å². The Labute approximate surface area is 214 Å². The van der Waals surface area contributed by atoms with Crippen molar-refractivity contribution in [1.29, 1.82) is 0 Å². The summed E-state index contributed by atoms with van der Waals surface area (Å²) in [6.07, 6.45) is 9.20. The number of anilines is 1. The van der Waals surface area contributed by atoms with E-state index < -0.39 is 0 Å². The molecule has 1 aromatic carbocycles. The molecular formula is C29H37N5O2. The van der Waals surface area contributed by atoms with Crippen molar-refractivity contribution in [3.63, 3.8) is 0 Å². The van der Waals surface area contributed by atoms with Gasteiger partial charge in [0.2, 0.25) is 5.91 Å². The van der Waals surface area contributed by atoms with Gasteiger partial charge in [0.05, 0.1) is 5.69 Å². The number of likely N-dealkylation sites (tertiary alicyclic amines) is 1. The number of aryl methyl sites for hydroxylation is 1. The van der Waals surface area contributed by atoms with Crippen LogP contribution in [-0.4, -0.2) is 78.1 Å². The van der Waals surface area contributed by atoms with Gasteiger partial charge in [-0.3, -0.25) is 4.79 Å². The molecule has 2 aliphatic heterocycles. The predicted octanol–water partition coefficient (Wildman–Crippen LogP) is 3.16. The maximum Gasteiger partial charge on any atom is 0.318 e. The second-order valence-corrected chi connectivity index (χ2v) is 11.0. The highest BCUT2D eigenvalue weighted by Crippen LogP contribution is 2.48. The number of piperazine rings is 1. The van der Waals surface area contributed by atoms with Crippen LogP contribution in [0.3, 0.4) is 0 Å². The quantitative estimate of drug-likeness (QED) is 0.604. The Morgan fingerprint density at radius 3 is 2.72 bits per heavy atom. The fourth-order valence-electron chi connectivity index (χ4n) is 6.83. The predicted molar refractivity (Wildman–Crippen MR) is 141 cm³/mol. The summed E-state index contributed by atoms with van der Waals surface area (Å²) in [7, 11) is 2.17. The van der Waals surface area contributed by atoms with Gasteiger partial charge in [-0.15, -0.1) is 0 Å². The maximum absolute atomic E-state index is 12.1. The molecule has 2 aliphatic carbocycles. The number of likely N-dealkylation sites (N-methyl/N-ethyl adjacent to an activating group) is 1. The minimum atomic E-state index is 0.00547. The number of amides is 1. The molecule has 2 aromatic rings. The summed E-state index contributed by atoms with van der Waals surface area (Å²) >= 11 is 0. The van der Waals surface area contributed by atoms with Gasteiger partial charge in [-0.05, 0) is 75.7 Å². The van der Waals surface area contributed by atoms with Gasteiger partial charge in [0.15, 0.2) is 0 Å². The SMILES string of the molecule is C=CC(=O)N1CCN(c2nc(OC[C@@H]3CCCN3C)nc3c2CCC2(CCc4ccccc42)C3)CC1. The van der Waals surface area contributed by atoms with E-state index >= 15 is 0 Å². The second-order valence-electron chi connectivity index (χ2n) is 11.0. The number of benzene rings is 1. The van der Waals surface area contributed by atoms with E-state index in [9.17, 15) is 4.79 Å². The van der Waals surface area contributed by atoms with Gasteiger partial charge in [0, 0.05) is 43.2 Å². The number of rotatable bonds is 5. The van der Waals surface area contributed by atoms with Crippen molar-refractivity contribution < 1.29 is 9.53 Å². The number of carbonyl (C=O) groups is 1. The molecule has 3 heterocycles. The largest absolute Gasteiger partial charge is 0.462 e. The van der Waals surface area contributed by atoms with Gasteiger partial charge in [-0.2, -0.15) is 9.97 Å². The Bertz CT molecular complexity index is 1160. The zero-order valence-corrected chi connectivity index (χ0v) is 21.4. The zero-order chi connectivity index (χ0) is 24.7. The summed E-state index contributed by atoms with van der Waals surface area (Å²) in [4.78, 5) is 28.7. The van der Waals surface area contributed by atoms with Crippen molar-refractivity contribution in [2.45, 2.75) is 56.4 Å². The Kier molecular flexibility index (Phi) is 6.20. The van der Waals surface area contributed by atoms with E-state index in [1.54, 1.807) is 0 Å². The van der Waals surface area contributed by atoms with E-state index in [1.807, 2.05) is 4.90 Å². The lowest BCUT2D eigenvalue weighted by atomic mass is 9.69. The summed E-state index contributed by atoms with van der Waals surface area (Å²) in [5.74, 6) is 1.02. The fraction of sp³-hybridized carbons (Fsp3) is 0.552. The molecule has 4 aliphatic rings. The maximum atomic E-state index is 12.1. The summed E-state index contributed by atoms with van der Waals surface area (Å²) in [5.41, 5.74) is 5.62. The Morgan fingerprint density at radius 2 is 1.94 bits per heavy atom. The lowest BCUT2D eigenvalue weighted by molar-refractivity contribution is -0.126. The first-order valence-electron chi connectivity index (χ1n) is 13.5. The van der Waals surface area contributed by atoms with Crippen LogP contribution in [-0.2, 0) is 29.5 Å². The molecule has 0 radical (unpaired) electrons. The van der Waals surface area contributed by atoms with Crippen molar-refractivity contribution in [3.05, 3.63) is 59.3 Å². The molecule has 1 aromatic heterocycles. The third-order valence-corrected chi connectivity index (χ3v) is 9.01. The Balaban J connectivity index is 1.30. The molecule has 0 bridgehead atoms. The van der Waals surface area contributed by atoms with Gasteiger partial charge in [-0.1, -0.05) is 30.8 Å². The first kappa shape index (κ1) is 23.5. The van der Waals surface area contributed by atoms with Crippen LogP contribution >= 0.6 is 0 Å². The molecule has 0 saturated carbocycles. The third kappa shape index (κ3) is 4.17. The smallest absolute Gasteiger partial charge is 0.318 e. The molecule has 1 spiro atoms. The molecule has 1 unspecified atom stereocenters. The van der Waals surface area contributed by atoms with Crippen LogP contribution < -0.4 is 9.64 Å². The Morgan fingerprint density at radius 1 is 1.14 bits per heavy atom. The van der Waals surface area contributed by atoms with Crippen LogP contribution in [0.4, 0.5) is 5.82 Å². The molecule has 7 nitrogen and oxygen atoms in total. The molecular weight excluding hydrogens is 450 g/mol. The van der Waals surface area contributed by atoms with Crippen LogP contribution in [0.15, 0.2) is 36.9 Å². The van der Waals surface area contributed by atoms with Gasteiger partial charge in [0.1, 0.15) is 12.4 Å². The van der Waals surface area contributed by atoms with Crippen molar-refractivity contribution in [2.75, 3.05) is 51.3 Å². The number of aromatic nitrogens is 2. The molecule has 2 fully saturated rings. The number of hydrogen-bond donors (Lipinski definition) is 0. The van der Waals surface area contributed by atoms with Crippen LogP contribution in [0.2, 0.25) is 0 Å². The molecule has 36 heavy (non-hydrogen) atoms. The highest BCUT2D eigenvalue weighted by Gasteiger charge is 2.43. The van der Waals surface area contributed by atoms with E-state index in [0.717, 1.165) is 63.3 Å². The second kappa shape index (κ2) is 9.51. The summed E-state index contributed by atoms with van der Waals surface area (Å²) in [5, 5.41) is 0. The van der Waals surface area contributed by atoms with Crippen molar-refractivity contribution >= 4 is 11.7 Å². The minimum absolute atomic E-state index is 0.00547. The molecule has 7 heteroatoms. The third-order valence-electron chi connectivity index (χ3n) is 9.01. The normalized spacial score (nSPS) is 25.6. The van der Waals surface area contributed by atoms with E-state index in [0.29, 0.717) is 31.7 Å². The number of nitrogens with zero attached hydrogens (tertiary/aromatic N) is 5. The van der Waals surface area contributed by atoms with Crippen LogP contribution in [0.1, 0.15) is 48.1 Å². The van der Waals surface area contributed by atoms with E-state index in [4.69, 9.17) is 14.7 Å². The lowest BCUT2D eigenvalue weighted by Crippen LogP contribution is -2.49. The van der Waals surface area contributed by atoms with E-state index in [2.05, 4.69) is 47.7 Å². The molecule has 190 valence electrons. The molecule has 2 saturated heterocycles. The van der Waals surface area contributed by atoms with Crippen molar-refractivity contribution in [1.82, 2.24) is 19.8 Å². The highest BCUT2D eigenvalue weighted by atomic mass is 16.5. The number of ether oxygens (including phenoxy) is 1. The van der Waals surface area contributed by atoms with Crippen LogP contribution in [0, 0.1) is 0 Å². The number of fused-ring (bicyclic) bond motifs is 3. The first-order chi connectivity index (χ1) is 17.6. The Hall–Kier alpha value is -2.93. The molecule has 0 N–H and O–H groups in total. The average molecular weight is 488 g/mol. The molecule has 2 atom stereocenters. The average Bonchev–Trinajstić information content (AvgIpc) is 3.49. The topological polar surface area (TPSA) is 61.8 Å². The van der Waals surface area contributed by atoms with Gasteiger partial charge >= 0.3 is 6.01 Å². The standard InChI is InChI=1S/C29H37N5O2/c1-3-26(35)33-15-17-34(18-16-33)27-23-11-13-29(12-10-21-7-4-5-9-24(21)29)19-25(23)30-28(31-27)36-20-22-8-6-14-32(22)2/h3-5,7,9,22H,1,6,8,10-20H2,2H3/t22-,29?/m0/s1. The molecule has 1 amide bonds. The molecule has 6 rings (SSSR count). The van der Waals surface area contributed by atoms with Crippen molar-refractivity contribution in [3.8, 4) is 6.01 Å². The fourth-order valence-corrected chi connectivity index (χ4v) is 6.83. The van der Waals surface area contributed by atoms with Gasteiger partial charge < -0.3 is 19.4 Å². The first-order valence-corrected chi connectivity index (χ1v) is 13.5. The monoisotopic (exact) mass is 487 g/mol. The summed E-state index contributed by atoms with van der Waals surface area (Å²) in [6.45, 7) is 8.30. The minimum Gasteiger partial charge on any atom is -0.462 e. The lowest BCUT2D eigenvalue weighted by Gasteiger charge is -2.39. The van der Waals surface area contributed by atoms with Gasteiger partial charge in [-0.25, -0.2) is 0 Å². The van der Waals surface area contributed by atoms with Crippen LogP contribution in [0.25, 0.3) is 0 Å². The van der Waals surface area contributed by atoms with E-state index in [1.165, 1.54) is 35.6 Å². The van der Waals surface area contributed by atoms with Gasteiger partial charge in [0.25, 0.3) is 0 Å². The van der Waals surface area contributed by atoms with Crippen LogP contribution in [0.5, 0.6) is 6.01 Å². The zero-order valence-electron chi connectivity index (χ0n) is 21.4. The summed E-state index contributed by atoms with van der Waals surface area (Å²) in [6, 6.07) is 9.91. The summed E-state index contributed by atoms with van der Waals surface area (Å²) < 4.78 is 6.29. The number of carbonyl (C=O) groups excluding carboxylic acids is 1. The number of hydrogen-bond acceptors (Lipinski definition) is 6.